The average Bonchev–Trinajstić information content (AvgIpc) is 3.30. The number of hydrogen-bond donors (Lipinski definition) is 1. The van der Waals surface area contributed by atoms with Gasteiger partial charge in [-0.2, -0.15) is 0 Å². The van der Waals surface area contributed by atoms with Crippen molar-refractivity contribution >= 4 is 17.8 Å². The molecule has 1 aromatic heterocycles. The van der Waals surface area contributed by atoms with Crippen LogP contribution in [0.25, 0.3) is 0 Å². The maximum Gasteiger partial charge on any atom is 0.311 e. The van der Waals surface area contributed by atoms with Gasteiger partial charge in [0.2, 0.25) is 5.91 Å². The minimum atomic E-state index is -0.600. The first kappa shape index (κ1) is 18.6. The van der Waals surface area contributed by atoms with Crippen molar-refractivity contribution in [1.29, 1.82) is 0 Å². The van der Waals surface area contributed by atoms with Gasteiger partial charge >= 0.3 is 5.97 Å². The lowest BCUT2D eigenvalue weighted by Crippen LogP contribution is -2.31. The van der Waals surface area contributed by atoms with Crippen LogP contribution in [0.1, 0.15) is 17.7 Å². The van der Waals surface area contributed by atoms with Crippen molar-refractivity contribution in [2.24, 2.45) is 5.92 Å². The molecule has 1 aliphatic heterocycles. The molecule has 2 aromatic rings. The predicted octanol–water partition coefficient (Wildman–Crippen LogP) is 1.63. The zero-order chi connectivity index (χ0) is 19.2. The Kier molecular flexibility index (Phi) is 5.85. The van der Waals surface area contributed by atoms with Crippen molar-refractivity contribution < 1.29 is 27.9 Å². The normalized spacial score (nSPS) is 16.4. The second-order valence-corrected chi connectivity index (χ2v) is 6.27. The zero-order valence-corrected chi connectivity index (χ0v) is 14.5. The molecular weight excluding hydrogens is 355 g/mol. The molecule has 0 radical (unpaired) electrons. The molecule has 1 saturated heterocycles. The number of benzene rings is 1. The van der Waals surface area contributed by atoms with Crippen molar-refractivity contribution in [1.82, 2.24) is 10.2 Å². The van der Waals surface area contributed by atoms with E-state index in [1.165, 1.54) is 23.3 Å². The average molecular weight is 374 g/mol. The smallest absolute Gasteiger partial charge is 0.311 e. The summed E-state index contributed by atoms with van der Waals surface area (Å²) in [5, 5.41) is 2.58. The van der Waals surface area contributed by atoms with Gasteiger partial charge in [0.05, 0.1) is 18.7 Å². The Morgan fingerprint density at radius 2 is 2.04 bits per heavy atom. The van der Waals surface area contributed by atoms with E-state index in [4.69, 9.17) is 9.15 Å². The van der Waals surface area contributed by atoms with Crippen LogP contribution in [0.3, 0.4) is 0 Å². The van der Waals surface area contributed by atoms with Crippen LogP contribution >= 0.6 is 0 Å². The van der Waals surface area contributed by atoms with Crippen LogP contribution < -0.4 is 5.32 Å². The first-order valence-corrected chi connectivity index (χ1v) is 8.49. The number of halogens is 1. The van der Waals surface area contributed by atoms with E-state index in [1.807, 2.05) is 0 Å². The van der Waals surface area contributed by atoms with Gasteiger partial charge in [-0.1, -0.05) is 12.1 Å². The molecule has 1 atom stereocenters. The van der Waals surface area contributed by atoms with E-state index in [0.717, 1.165) is 5.56 Å². The first-order chi connectivity index (χ1) is 13.0. The molecule has 1 fully saturated rings. The number of nitrogens with zero attached hydrogens (tertiary/aromatic N) is 1. The van der Waals surface area contributed by atoms with Gasteiger partial charge in [-0.15, -0.1) is 0 Å². The van der Waals surface area contributed by atoms with E-state index < -0.39 is 24.4 Å². The monoisotopic (exact) mass is 374 g/mol. The number of ether oxygens (including phenoxy) is 1. The quantitative estimate of drug-likeness (QED) is 0.744. The third-order valence-electron chi connectivity index (χ3n) is 4.22. The predicted molar refractivity (Wildman–Crippen MR) is 91.4 cm³/mol. The molecule has 0 bridgehead atoms. The molecular formula is C19H19FN2O5. The van der Waals surface area contributed by atoms with E-state index in [9.17, 15) is 18.8 Å². The summed E-state index contributed by atoms with van der Waals surface area (Å²) in [6.07, 6.45) is 1.57. The van der Waals surface area contributed by atoms with Gasteiger partial charge in [0.25, 0.3) is 5.91 Å². The lowest BCUT2D eigenvalue weighted by molar-refractivity contribution is -0.152. The molecule has 0 aliphatic carbocycles. The zero-order valence-electron chi connectivity index (χ0n) is 14.5. The number of hydrogen-bond acceptors (Lipinski definition) is 5. The van der Waals surface area contributed by atoms with Gasteiger partial charge in [0.1, 0.15) is 11.6 Å². The fraction of sp³-hybridized carbons (Fsp3) is 0.316. The maximum atomic E-state index is 12.8. The number of rotatable bonds is 7. The number of amides is 2. The summed E-state index contributed by atoms with van der Waals surface area (Å²) >= 11 is 0. The number of likely N-dealkylation sites (tertiary alicyclic amines) is 1. The summed E-state index contributed by atoms with van der Waals surface area (Å²) in [7, 11) is 0. The molecule has 3 rings (SSSR count). The van der Waals surface area contributed by atoms with Crippen molar-refractivity contribution in [2.75, 3.05) is 13.2 Å². The maximum absolute atomic E-state index is 12.8. The molecule has 1 N–H and O–H groups in total. The van der Waals surface area contributed by atoms with Gasteiger partial charge in [0.15, 0.2) is 6.61 Å². The highest BCUT2D eigenvalue weighted by atomic mass is 19.1. The topological polar surface area (TPSA) is 88.9 Å². The van der Waals surface area contributed by atoms with E-state index in [-0.39, 0.29) is 31.2 Å². The Morgan fingerprint density at radius 3 is 2.74 bits per heavy atom. The second-order valence-electron chi connectivity index (χ2n) is 6.27. The molecule has 1 aliphatic rings. The van der Waals surface area contributed by atoms with Crippen LogP contribution in [-0.4, -0.2) is 35.8 Å². The van der Waals surface area contributed by atoms with Crippen molar-refractivity contribution in [2.45, 2.75) is 19.5 Å². The fourth-order valence-corrected chi connectivity index (χ4v) is 2.78. The van der Waals surface area contributed by atoms with Crippen molar-refractivity contribution in [3.63, 3.8) is 0 Å². The van der Waals surface area contributed by atoms with Crippen LogP contribution in [-0.2, 0) is 32.2 Å². The highest BCUT2D eigenvalue weighted by Crippen LogP contribution is 2.21. The Morgan fingerprint density at radius 1 is 1.26 bits per heavy atom. The van der Waals surface area contributed by atoms with E-state index in [0.29, 0.717) is 12.3 Å². The number of furan rings is 1. The summed E-state index contributed by atoms with van der Waals surface area (Å²) in [5.74, 6) is -1.53. The summed E-state index contributed by atoms with van der Waals surface area (Å²) < 4.78 is 23.0. The van der Waals surface area contributed by atoms with Crippen LogP contribution in [0.2, 0.25) is 0 Å². The van der Waals surface area contributed by atoms with Gasteiger partial charge in [-0.25, -0.2) is 4.39 Å². The molecule has 1 aromatic carbocycles. The second kappa shape index (κ2) is 8.48. The Bertz CT molecular complexity index is 804. The van der Waals surface area contributed by atoms with Gasteiger partial charge in [-0.3, -0.25) is 14.4 Å². The molecule has 142 valence electrons. The summed E-state index contributed by atoms with van der Waals surface area (Å²) in [4.78, 5) is 37.4. The van der Waals surface area contributed by atoms with Crippen molar-refractivity contribution in [3.8, 4) is 0 Å². The Hall–Kier alpha value is -3.16. The van der Waals surface area contributed by atoms with Crippen molar-refractivity contribution in [3.05, 3.63) is 59.8 Å². The third-order valence-corrected chi connectivity index (χ3v) is 4.22. The lowest BCUT2D eigenvalue weighted by Gasteiger charge is -2.14. The van der Waals surface area contributed by atoms with E-state index >= 15 is 0 Å². The molecule has 2 heterocycles. The van der Waals surface area contributed by atoms with Gasteiger partial charge < -0.3 is 19.4 Å². The minimum Gasteiger partial charge on any atom is -0.467 e. The SMILES string of the molecule is O=C(COC(=O)[C@H]1CC(=O)N(Cc2ccco2)C1)NCc1ccc(F)cc1. The molecule has 0 spiro atoms. The number of esters is 1. The fourth-order valence-electron chi connectivity index (χ4n) is 2.78. The number of carbonyl (C=O) groups is 3. The molecule has 2 amide bonds. The summed E-state index contributed by atoms with van der Waals surface area (Å²) in [6, 6.07) is 9.19. The van der Waals surface area contributed by atoms with Crippen LogP contribution in [0, 0.1) is 11.7 Å². The highest BCUT2D eigenvalue weighted by Gasteiger charge is 2.35. The van der Waals surface area contributed by atoms with Crippen LogP contribution in [0.15, 0.2) is 47.1 Å². The number of carbonyl (C=O) groups excluding carboxylic acids is 3. The number of nitrogens with one attached hydrogen (secondary N) is 1. The van der Waals surface area contributed by atoms with Gasteiger partial charge in [-0.05, 0) is 29.8 Å². The van der Waals surface area contributed by atoms with Gasteiger partial charge in [0, 0.05) is 19.5 Å². The van der Waals surface area contributed by atoms with E-state index in [1.54, 1.807) is 24.3 Å². The molecule has 8 heteroatoms. The van der Waals surface area contributed by atoms with E-state index in [2.05, 4.69) is 5.32 Å². The third kappa shape index (κ3) is 5.16. The molecule has 0 saturated carbocycles. The lowest BCUT2D eigenvalue weighted by atomic mass is 10.1. The Labute approximate surface area is 155 Å². The molecule has 27 heavy (non-hydrogen) atoms. The van der Waals surface area contributed by atoms with Crippen LogP contribution in [0.5, 0.6) is 0 Å². The highest BCUT2D eigenvalue weighted by molar-refractivity contribution is 5.88. The summed E-state index contributed by atoms with van der Waals surface area (Å²) in [5.41, 5.74) is 0.728. The first-order valence-electron chi connectivity index (χ1n) is 8.49. The summed E-state index contributed by atoms with van der Waals surface area (Å²) in [6.45, 7) is 0.307. The largest absolute Gasteiger partial charge is 0.467 e. The molecule has 7 nitrogen and oxygen atoms in total. The minimum absolute atomic E-state index is 0.0523. The van der Waals surface area contributed by atoms with Crippen LogP contribution in [0.4, 0.5) is 4.39 Å². The Balaban J connectivity index is 1.40. The molecule has 0 unspecified atom stereocenters. The standard InChI is InChI=1S/C19H19FN2O5/c20-15-5-3-13(4-6-15)9-21-17(23)12-27-19(25)14-8-18(24)22(10-14)11-16-2-1-7-26-16/h1-7,14H,8-12H2,(H,21,23)/t14-/m0/s1.